The molecule has 0 amide bonds. The molecule has 0 saturated carbocycles. The Labute approximate surface area is 127 Å². The summed E-state index contributed by atoms with van der Waals surface area (Å²) in [6.07, 6.45) is 0. The third kappa shape index (κ3) is 8.02. The zero-order valence-electron chi connectivity index (χ0n) is 13.3. The van der Waals surface area contributed by atoms with Gasteiger partial charge >= 0.3 is 0 Å². The predicted octanol–water partition coefficient (Wildman–Crippen LogP) is 2.03. The van der Waals surface area contributed by atoms with E-state index in [1.807, 2.05) is 19.2 Å². The first kappa shape index (κ1) is 17.9. The molecule has 0 saturated heterocycles. The van der Waals surface area contributed by atoms with Crippen molar-refractivity contribution in [2.75, 3.05) is 53.8 Å². The van der Waals surface area contributed by atoms with Crippen molar-refractivity contribution in [3.8, 4) is 5.75 Å². The van der Waals surface area contributed by atoms with Crippen LogP contribution >= 0.6 is 0 Å². The monoisotopic (exact) mass is 297 g/mol. The highest BCUT2D eigenvalue weighted by Crippen LogP contribution is 2.18. The smallest absolute Gasteiger partial charge is 0.119 e. The number of benzene rings is 1. The van der Waals surface area contributed by atoms with Crippen molar-refractivity contribution in [3.05, 3.63) is 29.8 Å². The summed E-state index contributed by atoms with van der Waals surface area (Å²) in [4.78, 5) is 0. The first-order valence-corrected chi connectivity index (χ1v) is 7.32. The SMILES string of the molecule is CNC(C)c1cccc(OCCOCCOCCOC)c1. The second-order valence-corrected chi connectivity index (χ2v) is 4.65. The molecule has 1 unspecified atom stereocenters. The number of ether oxygens (including phenoxy) is 4. The van der Waals surface area contributed by atoms with Crippen molar-refractivity contribution in [2.45, 2.75) is 13.0 Å². The van der Waals surface area contributed by atoms with Crippen LogP contribution in [0.1, 0.15) is 18.5 Å². The van der Waals surface area contributed by atoms with Gasteiger partial charge < -0.3 is 24.3 Å². The molecule has 0 fully saturated rings. The molecule has 0 spiro atoms. The lowest BCUT2D eigenvalue weighted by molar-refractivity contribution is 0.0179. The molecule has 5 nitrogen and oxygen atoms in total. The minimum Gasteiger partial charge on any atom is -0.491 e. The Morgan fingerprint density at radius 2 is 1.67 bits per heavy atom. The Morgan fingerprint density at radius 3 is 2.33 bits per heavy atom. The fourth-order valence-corrected chi connectivity index (χ4v) is 1.72. The van der Waals surface area contributed by atoms with Crippen LogP contribution in [0, 0.1) is 0 Å². The largest absolute Gasteiger partial charge is 0.491 e. The molecule has 1 N–H and O–H groups in total. The van der Waals surface area contributed by atoms with Gasteiger partial charge in [0.05, 0.1) is 33.0 Å². The quantitative estimate of drug-likeness (QED) is 0.598. The van der Waals surface area contributed by atoms with E-state index in [4.69, 9.17) is 18.9 Å². The van der Waals surface area contributed by atoms with Crippen LogP contribution in [-0.2, 0) is 14.2 Å². The van der Waals surface area contributed by atoms with Crippen LogP contribution in [0.3, 0.4) is 0 Å². The van der Waals surface area contributed by atoms with Crippen LogP contribution in [-0.4, -0.2) is 53.8 Å². The molecule has 0 aliphatic rings. The van der Waals surface area contributed by atoms with Gasteiger partial charge in [-0.3, -0.25) is 0 Å². The zero-order chi connectivity index (χ0) is 15.3. The van der Waals surface area contributed by atoms with Gasteiger partial charge in [0.2, 0.25) is 0 Å². The van der Waals surface area contributed by atoms with E-state index < -0.39 is 0 Å². The number of hydrogen-bond acceptors (Lipinski definition) is 5. The first-order chi connectivity index (χ1) is 10.3. The van der Waals surface area contributed by atoms with Gasteiger partial charge in [0, 0.05) is 13.2 Å². The average molecular weight is 297 g/mol. The molecule has 0 heterocycles. The van der Waals surface area contributed by atoms with E-state index >= 15 is 0 Å². The zero-order valence-corrected chi connectivity index (χ0v) is 13.3. The van der Waals surface area contributed by atoms with Gasteiger partial charge in [0.1, 0.15) is 12.4 Å². The fourth-order valence-electron chi connectivity index (χ4n) is 1.72. The predicted molar refractivity (Wildman–Crippen MR) is 82.9 cm³/mol. The maximum absolute atomic E-state index is 5.67. The van der Waals surface area contributed by atoms with Crippen molar-refractivity contribution in [2.24, 2.45) is 0 Å². The van der Waals surface area contributed by atoms with E-state index in [9.17, 15) is 0 Å². The van der Waals surface area contributed by atoms with E-state index in [-0.39, 0.29) is 0 Å². The Balaban J connectivity index is 2.10. The van der Waals surface area contributed by atoms with Crippen molar-refractivity contribution < 1.29 is 18.9 Å². The highest BCUT2D eigenvalue weighted by molar-refractivity contribution is 5.30. The molecular formula is C16H27NO4. The summed E-state index contributed by atoms with van der Waals surface area (Å²) in [7, 11) is 3.60. The standard InChI is InChI=1S/C16H27NO4/c1-14(17-2)15-5-4-6-16(13-15)21-12-11-20-10-9-19-8-7-18-3/h4-6,13-14,17H,7-12H2,1-3H3. The lowest BCUT2D eigenvalue weighted by atomic mass is 10.1. The summed E-state index contributed by atoms with van der Waals surface area (Å²) in [6, 6.07) is 8.41. The third-order valence-electron chi connectivity index (χ3n) is 3.09. The van der Waals surface area contributed by atoms with Gasteiger partial charge in [-0.25, -0.2) is 0 Å². The highest BCUT2D eigenvalue weighted by atomic mass is 16.6. The minimum atomic E-state index is 0.314. The van der Waals surface area contributed by atoms with Gasteiger partial charge in [-0.2, -0.15) is 0 Å². The van der Waals surface area contributed by atoms with Gasteiger partial charge in [0.15, 0.2) is 0 Å². The topological polar surface area (TPSA) is 49.0 Å². The Morgan fingerprint density at radius 1 is 1.00 bits per heavy atom. The van der Waals surface area contributed by atoms with E-state index in [2.05, 4.69) is 24.4 Å². The van der Waals surface area contributed by atoms with Gasteiger partial charge in [-0.05, 0) is 31.7 Å². The molecule has 0 radical (unpaired) electrons. The minimum absolute atomic E-state index is 0.314. The fraction of sp³-hybridized carbons (Fsp3) is 0.625. The Kier molecular flexibility index (Phi) is 9.82. The molecule has 1 aromatic carbocycles. The van der Waals surface area contributed by atoms with Gasteiger partial charge in [-0.15, -0.1) is 0 Å². The van der Waals surface area contributed by atoms with Crippen LogP contribution < -0.4 is 10.1 Å². The second-order valence-electron chi connectivity index (χ2n) is 4.65. The maximum atomic E-state index is 5.67. The van der Waals surface area contributed by atoms with Crippen molar-refractivity contribution in [3.63, 3.8) is 0 Å². The molecule has 0 aliphatic carbocycles. The molecule has 0 bridgehead atoms. The van der Waals surface area contributed by atoms with E-state index in [0.29, 0.717) is 45.7 Å². The lowest BCUT2D eigenvalue weighted by Crippen LogP contribution is -2.13. The lowest BCUT2D eigenvalue weighted by Gasteiger charge is -2.13. The van der Waals surface area contributed by atoms with Crippen LogP contribution in [0.25, 0.3) is 0 Å². The molecule has 0 aromatic heterocycles. The van der Waals surface area contributed by atoms with Crippen molar-refractivity contribution in [1.82, 2.24) is 5.32 Å². The molecule has 0 aliphatic heterocycles. The molecule has 21 heavy (non-hydrogen) atoms. The van der Waals surface area contributed by atoms with Crippen LogP contribution in [0.15, 0.2) is 24.3 Å². The highest BCUT2D eigenvalue weighted by Gasteiger charge is 2.03. The summed E-state index contributed by atoms with van der Waals surface area (Å²) < 4.78 is 21.3. The summed E-state index contributed by atoms with van der Waals surface area (Å²) in [5, 5.41) is 3.21. The van der Waals surface area contributed by atoms with Gasteiger partial charge in [-0.1, -0.05) is 12.1 Å². The number of nitrogens with one attached hydrogen (secondary N) is 1. The van der Waals surface area contributed by atoms with Crippen molar-refractivity contribution in [1.29, 1.82) is 0 Å². The number of hydrogen-bond donors (Lipinski definition) is 1. The maximum Gasteiger partial charge on any atom is 0.119 e. The average Bonchev–Trinajstić information content (AvgIpc) is 2.53. The molecule has 120 valence electrons. The summed E-state index contributed by atoms with van der Waals surface area (Å²) in [6.45, 7) is 5.58. The molecule has 1 aromatic rings. The van der Waals surface area contributed by atoms with E-state index in [1.54, 1.807) is 7.11 Å². The van der Waals surface area contributed by atoms with Gasteiger partial charge in [0.25, 0.3) is 0 Å². The molecular weight excluding hydrogens is 270 g/mol. The van der Waals surface area contributed by atoms with E-state index in [1.165, 1.54) is 5.56 Å². The summed E-state index contributed by atoms with van der Waals surface area (Å²) in [5.41, 5.74) is 1.21. The second kappa shape index (κ2) is 11.5. The normalized spacial score (nSPS) is 12.3. The number of methoxy groups -OCH3 is 1. The van der Waals surface area contributed by atoms with Crippen molar-refractivity contribution >= 4 is 0 Å². The molecule has 5 heteroatoms. The first-order valence-electron chi connectivity index (χ1n) is 7.32. The molecule has 1 rings (SSSR count). The summed E-state index contributed by atoms with van der Waals surface area (Å²) >= 11 is 0. The van der Waals surface area contributed by atoms with Crippen LogP contribution in [0.4, 0.5) is 0 Å². The third-order valence-corrected chi connectivity index (χ3v) is 3.09. The molecule has 1 atom stereocenters. The Hall–Kier alpha value is -1.14. The van der Waals surface area contributed by atoms with Crippen LogP contribution in [0.2, 0.25) is 0 Å². The summed E-state index contributed by atoms with van der Waals surface area (Å²) in [5.74, 6) is 0.870. The van der Waals surface area contributed by atoms with E-state index in [0.717, 1.165) is 5.75 Å². The Bertz CT molecular complexity index is 373. The number of rotatable bonds is 12. The van der Waals surface area contributed by atoms with Crippen LogP contribution in [0.5, 0.6) is 5.75 Å².